The van der Waals surface area contributed by atoms with E-state index in [0.29, 0.717) is 18.7 Å². The molecule has 17 heavy (non-hydrogen) atoms. The maximum absolute atomic E-state index is 12.3. The number of aryl methyl sites for hydroxylation is 1. The summed E-state index contributed by atoms with van der Waals surface area (Å²) >= 11 is 0. The molecule has 4 nitrogen and oxygen atoms in total. The summed E-state index contributed by atoms with van der Waals surface area (Å²) in [5, 5.41) is 2.71. The van der Waals surface area contributed by atoms with Crippen LogP contribution in [0.1, 0.15) is 22.8 Å². The first-order valence-electron chi connectivity index (χ1n) is 5.86. The molecule has 4 heteroatoms. The number of benzene rings is 1. The van der Waals surface area contributed by atoms with Gasteiger partial charge in [0, 0.05) is 18.7 Å². The van der Waals surface area contributed by atoms with Crippen LogP contribution in [-0.4, -0.2) is 36.3 Å². The van der Waals surface area contributed by atoms with E-state index in [1.54, 1.807) is 4.90 Å². The average Bonchev–Trinajstić information content (AvgIpc) is 2.38. The molecule has 1 heterocycles. The number of rotatable bonds is 2. The van der Waals surface area contributed by atoms with Gasteiger partial charge >= 0.3 is 0 Å². The zero-order valence-corrected chi connectivity index (χ0v) is 9.90. The molecule has 1 N–H and O–H groups in total. The first-order chi connectivity index (χ1) is 8.22. The zero-order valence-electron chi connectivity index (χ0n) is 9.90. The lowest BCUT2D eigenvalue weighted by Crippen LogP contribution is -2.50. The van der Waals surface area contributed by atoms with Gasteiger partial charge in [-0.1, -0.05) is 25.1 Å². The number of nitrogens with one attached hydrogen (secondary N) is 1. The minimum absolute atomic E-state index is 0.0442. The van der Waals surface area contributed by atoms with E-state index in [1.807, 2.05) is 31.2 Å². The Morgan fingerprint density at radius 1 is 1.41 bits per heavy atom. The highest BCUT2D eigenvalue weighted by molar-refractivity contribution is 5.98. The van der Waals surface area contributed by atoms with Gasteiger partial charge in [0.25, 0.3) is 5.91 Å². The topological polar surface area (TPSA) is 49.4 Å². The van der Waals surface area contributed by atoms with E-state index in [-0.39, 0.29) is 18.4 Å². The Hall–Kier alpha value is -1.84. The van der Waals surface area contributed by atoms with E-state index < -0.39 is 0 Å². The molecule has 90 valence electrons. The zero-order chi connectivity index (χ0) is 12.3. The number of piperazine rings is 1. The van der Waals surface area contributed by atoms with Crippen molar-refractivity contribution < 1.29 is 9.59 Å². The quantitative estimate of drug-likeness (QED) is 0.820. The number of carbonyl (C=O) groups is 2. The van der Waals surface area contributed by atoms with Crippen LogP contribution in [0.4, 0.5) is 0 Å². The van der Waals surface area contributed by atoms with Crippen molar-refractivity contribution in [1.82, 2.24) is 10.2 Å². The summed E-state index contributed by atoms with van der Waals surface area (Å²) in [4.78, 5) is 25.1. The molecule has 0 aromatic heterocycles. The molecule has 0 atom stereocenters. The van der Waals surface area contributed by atoms with E-state index in [1.165, 1.54) is 0 Å². The second kappa shape index (κ2) is 4.99. The van der Waals surface area contributed by atoms with Gasteiger partial charge in [0.2, 0.25) is 5.91 Å². The summed E-state index contributed by atoms with van der Waals surface area (Å²) in [6.45, 7) is 3.31. The lowest BCUT2D eigenvalue weighted by Gasteiger charge is -2.27. The van der Waals surface area contributed by atoms with Crippen molar-refractivity contribution in [2.24, 2.45) is 0 Å². The largest absolute Gasteiger partial charge is 0.353 e. The van der Waals surface area contributed by atoms with E-state index in [9.17, 15) is 9.59 Å². The van der Waals surface area contributed by atoms with Crippen LogP contribution in [0.5, 0.6) is 0 Å². The maximum Gasteiger partial charge on any atom is 0.254 e. The third-order valence-electron chi connectivity index (χ3n) is 2.95. The molecule has 1 aliphatic rings. The molecule has 0 aliphatic carbocycles. The van der Waals surface area contributed by atoms with Crippen LogP contribution < -0.4 is 5.32 Å². The van der Waals surface area contributed by atoms with Crippen LogP contribution >= 0.6 is 0 Å². The van der Waals surface area contributed by atoms with Gasteiger partial charge in [0.15, 0.2) is 0 Å². The molecular formula is C13H16N2O2. The molecule has 1 fully saturated rings. The number of carbonyl (C=O) groups excluding carboxylic acids is 2. The second-order valence-electron chi connectivity index (χ2n) is 4.09. The molecular weight excluding hydrogens is 216 g/mol. The number of nitrogens with zero attached hydrogens (tertiary/aromatic N) is 1. The molecule has 1 aromatic rings. The van der Waals surface area contributed by atoms with Gasteiger partial charge in [-0.15, -0.1) is 0 Å². The minimum atomic E-state index is -0.0846. The van der Waals surface area contributed by atoms with Gasteiger partial charge in [-0.25, -0.2) is 0 Å². The minimum Gasteiger partial charge on any atom is -0.353 e. The summed E-state index contributed by atoms with van der Waals surface area (Å²) in [6.07, 6.45) is 0.821. The summed E-state index contributed by atoms with van der Waals surface area (Å²) in [5.74, 6) is -0.129. The van der Waals surface area contributed by atoms with Gasteiger partial charge in [-0.05, 0) is 18.1 Å². The van der Waals surface area contributed by atoms with Gasteiger partial charge in [-0.3, -0.25) is 9.59 Å². The number of hydrogen-bond donors (Lipinski definition) is 1. The second-order valence-corrected chi connectivity index (χ2v) is 4.09. The van der Waals surface area contributed by atoms with E-state index in [0.717, 1.165) is 12.0 Å². The van der Waals surface area contributed by atoms with E-state index in [2.05, 4.69) is 5.32 Å². The standard InChI is InChI=1S/C13H16N2O2/c1-2-10-5-3-4-6-11(10)13(17)15-8-7-14-12(16)9-15/h3-6H,2,7-9H2,1H3,(H,14,16). The van der Waals surface area contributed by atoms with Crippen LogP contribution in [0.3, 0.4) is 0 Å². The molecule has 0 bridgehead atoms. The van der Waals surface area contributed by atoms with Crippen LogP contribution in [-0.2, 0) is 11.2 Å². The Bertz CT molecular complexity index is 443. The van der Waals surface area contributed by atoms with Crippen LogP contribution in [0, 0.1) is 0 Å². The molecule has 0 radical (unpaired) electrons. The third-order valence-corrected chi connectivity index (χ3v) is 2.95. The van der Waals surface area contributed by atoms with Crippen molar-refractivity contribution >= 4 is 11.8 Å². The van der Waals surface area contributed by atoms with Crippen molar-refractivity contribution in [3.05, 3.63) is 35.4 Å². The first kappa shape index (κ1) is 11.6. The van der Waals surface area contributed by atoms with Gasteiger partial charge in [0.1, 0.15) is 0 Å². The van der Waals surface area contributed by atoms with Crippen molar-refractivity contribution in [3.63, 3.8) is 0 Å². The van der Waals surface area contributed by atoms with Crippen LogP contribution in [0.25, 0.3) is 0 Å². The van der Waals surface area contributed by atoms with E-state index >= 15 is 0 Å². The van der Waals surface area contributed by atoms with E-state index in [4.69, 9.17) is 0 Å². The monoisotopic (exact) mass is 232 g/mol. The SMILES string of the molecule is CCc1ccccc1C(=O)N1CCNC(=O)C1. The predicted octanol–water partition coefficient (Wildman–Crippen LogP) is 0.821. The Balaban J connectivity index is 2.21. The molecule has 2 rings (SSSR count). The molecule has 0 saturated carbocycles. The summed E-state index contributed by atoms with van der Waals surface area (Å²) < 4.78 is 0. The fourth-order valence-corrected chi connectivity index (χ4v) is 2.02. The Morgan fingerprint density at radius 2 is 2.18 bits per heavy atom. The Labute approximate surface area is 101 Å². The average molecular weight is 232 g/mol. The fraction of sp³-hybridized carbons (Fsp3) is 0.385. The molecule has 1 saturated heterocycles. The summed E-state index contributed by atoms with van der Waals surface area (Å²) in [6, 6.07) is 7.57. The normalized spacial score (nSPS) is 15.6. The third kappa shape index (κ3) is 2.46. The molecule has 0 unspecified atom stereocenters. The smallest absolute Gasteiger partial charge is 0.254 e. The Kier molecular flexibility index (Phi) is 3.42. The highest BCUT2D eigenvalue weighted by Gasteiger charge is 2.23. The predicted molar refractivity (Wildman–Crippen MR) is 64.7 cm³/mol. The maximum atomic E-state index is 12.3. The van der Waals surface area contributed by atoms with Crippen molar-refractivity contribution in [2.75, 3.05) is 19.6 Å². The van der Waals surface area contributed by atoms with Crippen molar-refractivity contribution in [3.8, 4) is 0 Å². The van der Waals surface area contributed by atoms with Crippen LogP contribution in [0.15, 0.2) is 24.3 Å². The van der Waals surface area contributed by atoms with Crippen molar-refractivity contribution in [1.29, 1.82) is 0 Å². The highest BCUT2D eigenvalue weighted by Crippen LogP contribution is 2.13. The Morgan fingerprint density at radius 3 is 2.88 bits per heavy atom. The van der Waals surface area contributed by atoms with Crippen molar-refractivity contribution in [2.45, 2.75) is 13.3 Å². The fourth-order valence-electron chi connectivity index (χ4n) is 2.02. The number of amides is 2. The molecule has 1 aliphatic heterocycles. The lowest BCUT2D eigenvalue weighted by atomic mass is 10.0. The molecule has 0 spiro atoms. The van der Waals surface area contributed by atoms with Gasteiger partial charge in [0.05, 0.1) is 6.54 Å². The van der Waals surface area contributed by atoms with Gasteiger partial charge in [-0.2, -0.15) is 0 Å². The highest BCUT2D eigenvalue weighted by atomic mass is 16.2. The van der Waals surface area contributed by atoms with Crippen LogP contribution in [0.2, 0.25) is 0 Å². The molecule has 2 amide bonds. The summed E-state index contributed by atoms with van der Waals surface area (Å²) in [5.41, 5.74) is 1.74. The summed E-state index contributed by atoms with van der Waals surface area (Å²) in [7, 11) is 0. The lowest BCUT2D eigenvalue weighted by molar-refractivity contribution is -0.123. The number of hydrogen-bond acceptors (Lipinski definition) is 2. The van der Waals surface area contributed by atoms with Gasteiger partial charge < -0.3 is 10.2 Å². The molecule has 1 aromatic carbocycles. The first-order valence-corrected chi connectivity index (χ1v) is 5.86.